The van der Waals surface area contributed by atoms with E-state index < -0.39 is 0 Å². The van der Waals surface area contributed by atoms with Crippen molar-refractivity contribution in [3.05, 3.63) is 29.3 Å². The summed E-state index contributed by atoms with van der Waals surface area (Å²) in [5.41, 5.74) is 3.69. The molecule has 1 saturated heterocycles. The third-order valence-electron chi connectivity index (χ3n) is 5.38. The number of likely N-dealkylation sites (tertiary alicyclic amines) is 1. The normalized spacial score (nSPS) is 17.7. The zero-order valence-electron chi connectivity index (χ0n) is 15.9. The number of aromatic hydroxyl groups is 1. The van der Waals surface area contributed by atoms with Crippen LogP contribution in [0.25, 0.3) is 6.08 Å². The molecule has 0 aliphatic carbocycles. The fourth-order valence-corrected chi connectivity index (χ4v) is 3.70. The summed E-state index contributed by atoms with van der Waals surface area (Å²) in [4.78, 5) is 31.2. The monoisotopic (exact) mass is 372 g/mol. The summed E-state index contributed by atoms with van der Waals surface area (Å²) in [6.07, 6.45) is 8.73. The van der Waals surface area contributed by atoms with E-state index in [2.05, 4.69) is 17.3 Å². The van der Waals surface area contributed by atoms with Crippen LogP contribution in [0.5, 0.6) is 11.5 Å². The van der Waals surface area contributed by atoms with E-state index in [9.17, 15) is 14.7 Å². The summed E-state index contributed by atoms with van der Waals surface area (Å²) in [6, 6.07) is 3.70. The number of phenolic OH excluding ortho intramolecular Hbond substituents is 1. The van der Waals surface area contributed by atoms with E-state index in [1.54, 1.807) is 6.08 Å². The Hall–Kier alpha value is -2.34. The lowest BCUT2D eigenvalue weighted by Crippen LogP contribution is -2.36. The molecule has 3 rings (SSSR count). The molecule has 27 heavy (non-hydrogen) atoms. The van der Waals surface area contributed by atoms with Gasteiger partial charge in [-0.25, -0.2) is 0 Å². The predicted octanol–water partition coefficient (Wildman–Crippen LogP) is 3.19. The van der Waals surface area contributed by atoms with Crippen molar-refractivity contribution in [2.75, 3.05) is 13.1 Å². The van der Waals surface area contributed by atoms with Gasteiger partial charge in [0.2, 0.25) is 5.75 Å². The Labute approximate surface area is 160 Å². The number of hydrogen-bond donors (Lipinski definition) is 2. The van der Waals surface area contributed by atoms with Crippen molar-refractivity contribution in [1.29, 1.82) is 0 Å². The number of carbonyl (C=O) groups excluding carboxylic acids is 2. The minimum absolute atomic E-state index is 0.0529. The highest BCUT2D eigenvalue weighted by molar-refractivity contribution is 5.92. The molecular weight excluding hydrogens is 344 g/mol. The summed E-state index contributed by atoms with van der Waals surface area (Å²) in [5.74, 6) is 0.555. The molecule has 0 spiro atoms. The number of piperidine rings is 1. The molecule has 1 amide bonds. The number of carbonyl (C=O) groups is 2. The van der Waals surface area contributed by atoms with Crippen molar-refractivity contribution in [3.8, 4) is 11.5 Å². The molecule has 2 aliphatic rings. The molecule has 0 aromatic heterocycles. The number of Topliss-reactive ketones (excluding diaryl/α,β-unsaturated/α-hetero) is 1. The minimum Gasteiger partial charge on any atom is -0.504 e. The van der Waals surface area contributed by atoms with E-state index in [0.717, 1.165) is 50.8 Å². The predicted molar refractivity (Wildman–Crippen MR) is 103 cm³/mol. The van der Waals surface area contributed by atoms with Crippen LogP contribution < -0.4 is 10.3 Å². The van der Waals surface area contributed by atoms with Gasteiger partial charge in [0.25, 0.3) is 5.91 Å². The average Bonchev–Trinajstić information content (AvgIpc) is 2.87. The molecule has 146 valence electrons. The maximum Gasteiger partial charge on any atom is 0.276 e. The van der Waals surface area contributed by atoms with Crippen LogP contribution in [0.1, 0.15) is 56.6 Å². The van der Waals surface area contributed by atoms with Gasteiger partial charge in [-0.3, -0.25) is 14.5 Å². The van der Waals surface area contributed by atoms with Crippen molar-refractivity contribution < 1.29 is 19.5 Å². The first kappa shape index (κ1) is 19.4. The highest BCUT2D eigenvalue weighted by atomic mass is 16.7. The Kier molecular flexibility index (Phi) is 6.50. The number of ketones is 1. The number of phenols is 1. The van der Waals surface area contributed by atoms with Gasteiger partial charge in [-0.2, -0.15) is 5.48 Å². The number of hydrogen-bond acceptors (Lipinski definition) is 5. The number of rotatable bonds is 7. The molecule has 2 N–H and O–H groups in total. The van der Waals surface area contributed by atoms with Gasteiger partial charge in [0, 0.05) is 36.1 Å². The van der Waals surface area contributed by atoms with Crippen molar-refractivity contribution in [2.45, 2.75) is 52.0 Å². The number of unbranched alkanes of at least 4 members (excludes halogenated alkanes) is 2. The number of nitrogens with zero attached hydrogens (tertiary/aromatic N) is 1. The molecule has 0 saturated carbocycles. The maximum atomic E-state index is 12.3. The van der Waals surface area contributed by atoms with Crippen LogP contribution in [0.3, 0.4) is 0 Å². The number of amides is 1. The zero-order valence-corrected chi connectivity index (χ0v) is 15.9. The quantitative estimate of drug-likeness (QED) is 0.719. The molecule has 0 atom stereocenters. The lowest BCUT2D eigenvalue weighted by Gasteiger charge is -2.31. The van der Waals surface area contributed by atoms with E-state index in [1.165, 1.54) is 6.08 Å². The molecule has 1 aromatic rings. The van der Waals surface area contributed by atoms with Crippen LogP contribution in [0.15, 0.2) is 18.2 Å². The van der Waals surface area contributed by atoms with Gasteiger partial charge >= 0.3 is 0 Å². The second-order valence-corrected chi connectivity index (χ2v) is 7.37. The van der Waals surface area contributed by atoms with E-state index >= 15 is 0 Å². The molecule has 2 heterocycles. The Morgan fingerprint density at radius 2 is 2.04 bits per heavy atom. The lowest BCUT2D eigenvalue weighted by molar-refractivity contribution is -0.124. The fourth-order valence-electron chi connectivity index (χ4n) is 3.70. The molecule has 0 radical (unpaired) electrons. The van der Waals surface area contributed by atoms with Crippen LogP contribution in [0.4, 0.5) is 0 Å². The van der Waals surface area contributed by atoms with Crippen molar-refractivity contribution in [3.63, 3.8) is 0 Å². The van der Waals surface area contributed by atoms with Gasteiger partial charge in [0.05, 0.1) is 0 Å². The van der Waals surface area contributed by atoms with Crippen LogP contribution in [0, 0.1) is 5.92 Å². The fraction of sp³-hybridized carbons (Fsp3) is 0.524. The Balaban J connectivity index is 1.56. The van der Waals surface area contributed by atoms with Crippen LogP contribution >= 0.6 is 0 Å². The largest absolute Gasteiger partial charge is 0.504 e. The minimum atomic E-state index is -0.363. The molecule has 1 fully saturated rings. The first-order valence-electron chi connectivity index (χ1n) is 9.83. The standard InChI is InChI=1S/C21H28N2O4/c1-2-3-4-5-18(24)15-10-12-23(13-11-15)14-17-7-6-16-8-9-19(25)22-27-21(16)20(17)26/h6-9,15,26H,2-5,10-14H2,1H3,(H,22,25). The van der Waals surface area contributed by atoms with Crippen LogP contribution in [-0.4, -0.2) is 34.8 Å². The molecule has 2 aliphatic heterocycles. The topological polar surface area (TPSA) is 78.9 Å². The second-order valence-electron chi connectivity index (χ2n) is 7.37. The van der Waals surface area contributed by atoms with Gasteiger partial charge in [0.15, 0.2) is 5.75 Å². The Bertz CT molecular complexity index is 721. The second kappa shape index (κ2) is 9.04. The lowest BCUT2D eigenvalue weighted by atomic mass is 9.89. The van der Waals surface area contributed by atoms with Crippen molar-refractivity contribution >= 4 is 17.8 Å². The zero-order chi connectivity index (χ0) is 19.2. The average molecular weight is 372 g/mol. The highest BCUT2D eigenvalue weighted by Crippen LogP contribution is 2.36. The molecular formula is C21H28N2O4. The highest BCUT2D eigenvalue weighted by Gasteiger charge is 2.25. The van der Waals surface area contributed by atoms with Crippen LogP contribution in [0.2, 0.25) is 0 Å². The maximum absolute atomic E-state index is 12.3. The van der Waals surface area contributed by atoms with Gasteiger partial charge in [-0.1, -0.05) is 31.9 Å². The van der Waals surface area contributed by atoms with E-state index in [0.29, 0.717) is 24.3 Å². The van der Waals surface area contributed by atoms with E-state index in [-0.39, 0.29) is 23.3 Å². The Morgan fingerprint density at radius 1 is 1.26 bits per heavy atom. The summed E-state index contributed by atoms with van der Waals surface area (Å²) in [5, 5.41) is 10.5. The number of hydroxylamine groups is 1. The van der Waals surface area contributed by atoms with Gasteiger partial charge in [0.1, 0.15) is 5.78 Å². The van der Waals surface area contributed by atoms with Gasteiger partial charge < -0.3 is 9.94 Å². The first-order chi connectivity index (χ1) is 13.1. The number of benzene rings is 1. The summed E-state index contributed by atoms with van der Waals surface area (Å²) >= 11 is 0. The Morgan fingerprint density at radius 3 is 2.78 bits per heavy atom. The summed E-state index contributed by atoms with van der Waals surface area (Å²) < 4.78 is 0. The van der Waals surface area contributed by atoms with Gasteiger partial charge in [-0.15, -0.1) is 0 Å². The first-order valence-corrected chi connectivity index (χ1v) is 9.83. The van der Waals surface area contributed by atoms with Gasteiger partial charge in [-0.05, 0) is 38.4 Å². The molecule has 6 nitrogen and oxygen atoms in total. The molecule has 0 unspecified atom stereocenters. The van der Waals surface area contributed by atoms with Crippen molar-refractivity contribution in [2.24, 2.45) is 5.92 Å². The van der Waals surface area contributed by atoms with Crippen LogP contribution in [-0.2, 0) is 16.1 Å². The smallest absolute Gasteiger partial charge is 0.276 e. The molecule has 6 heteroatoms. The number of nitrogens with one attached hydrogen (secondary N) is 1. The SMILES string of the molecule is CCCCCC(=O)C1CCN(Cc2ccc3c(c2O)ONC(=O)C=C3)CC1. The molecule has 0 bridgehead atoms. The summed E-state index contributed by atoms with van der Waals surface area (Å²) in [6.45, 7) is 4.43. The molecule has 1 aromatic carbocycles. The van der Waals surface area contributed by atoms with E-state index in [1.807, 2.05) is 12.1 Å². The third-order valence-corrected chi connectivity index (χ3v) is 5.38. The van der Waals surface area contributed by atoms with Crippen molar-refractivity contribution in [1.82, 2.24) is 10.4 Å². The number of fused-ring (bicyclic) bond motifs is 1. The summed E-state index contributed by atoms with van der Waals surface area (Å²) in [7, 11) is 0. The third kappa shape index (κ3) is 4.89. The van der Waals surface area contributed by atoms with E-state index in [4.69, 9.17) is 4.84 Å².